The number of nitrogens with zero attached hydrogens (tertiary/aromatic N) is 3. The van der Waals surface area contributed by atoms with Crippen molar-refractivity contribution in [2.45, 2.75) is 39.8 Å². The van der Waals surface area contributed by atoms with Crippen LogP contribution in [0.25, 0.3) is 5.69 Å². The molecule has 0 aliphatic carbocycles. The minimum atomic E-state index is -0.379. The fraction of sp³-hybridized carbons (Fsp3) is 0.250. The van der Waals surface area contributed by atoms with Gasteiger partial charge in [-0.15, -0.1) is 0 Å². The normalized spacial score (nSPS) is 16.5. The van der Waals surface area contributed by atoms with Crippen molar-refractivity contribution >= 4 is 52.2 Å². The zero-order chi connectivity index (χ0) is 30.1. The Bertz CT molecular complexity index is 1650. The summed E-state index contributed by atoms with van der Waals surface area (Å²) < 4.78 is 7.01. The summed E-state index contributed by atoms with van der Waals surface area (Å²) in [5.74, 6) is -0.661. The number of hydrogen-bond donors (Lipinski definition) is 2. The molecule has 42 heavy (non-hydrogen) atoms. The van der Waals surface area contributed by atoms with Crippen molar-refractivity contribution in [2.75, 3.05) is 17.3 Å². The second-order valence-corrected chi connectivity index (χ2v) is 11.3. The van der Waals surface area contributed by atoms with E-state index in [0.29, 0.717) is 21.4 Å². The van der Waals surface area contributed by atoms with E-state index in [1.54, 1.807) is 24.4 Å². The van der Waals surface area contributed by atoms with Gasteiger partial charge in [0.2, 0.25) is 5.91 Å². The Kier molecular flexibility index (Phi) is 8.34. The number of anilines is 2. The molecule has 8 nitrogen and oxygen atoms in total. The third-order valence-corrected chi connectivity index (χ3v) is 8.07. The minimum absolute atomic E-state index is 0.108. The number of amides is 1. The molecule has 3 heterocycles. The molecule has 2 atom stereocenters. The number of carbonyl (C=O) groups is 2. The van der Waals surface area contributed by atoms with Gasteiger partial charge in [0.25, 0.3) is 0 Å². The molecule has 1 aliphatic heterocycles. The zero-order valence-corrected chi connectivity index (χ0v) is 25.6. The molecule has 10 heteroatoms. The number of rotatable bonds is 7. The summed E-state index contributed by atoms with van der Waals surface area (Å²) in [5.41, 5.74) is 6.70. The molecule has 0 spiro atoms. The van der Waals surface area contributed by atoms with Gasteiger partial charge in [-0.3, -0.25) is 9.78 Å². The monoisotopic (exact) mass is 601 g/mol. The van der Waals surface area contributed by atoms with Gasteiger partial charge in [0.05, 0.1) is 41.2 Å². The molecule has 216 valence electrons. The molecule has 1 amide bonds. The second-order valence-electron chi connectivity index (χ2n) is 10.5. The van der Waals surface area contributed by atoms with E-state index in [9.17, 15) is 9.59 Å². The average molecular weight is 602 g/mol. The van der Waals surface area contributed by atoms with E-state index in [1.807, 2.05) is 56.3 Å². The van der Waals surface area contributed by atoms with Crippen LogP contribution >= 0.6 is 23.8 Å². The molecular formula is C32H32ClN5O3S. The van der Waals surface area contributed by atoms with Gasteiger partial charge in [-0.1, -0.05) is 31.5 Å². The molecule has 0 saturated carbocycles. The first-order valence-corrected chi connectivity index (χ1v) is 14.4. The summed E-state index contributed by atoms with van der Waals surface area (Å²) in [6, 6.07) is 20.4. The van der Waals surface area contributed by atoms with Crippen LogP contribution in [0.1, 0.15) is 58.9 Å². The van der Waals surface area contributed by atoms with E-state index in [1.165, 1.54) is 7.11 Å². The molecule has 4 aromatic rings. The fourth-order valence-corrected chi connectivity index (χ4v) is 5.90. The van der Waals surface area contributed by atoms with Crippen molar-refractivity contribution in [3.63, 3.8) is 0 Å². The van der Waals surface area contributed by atoms with Crippen LogP contribution in [0.4, 0.5) is 11.4 Å². The molecular weight excluding hydrogens is 570 g/mol. The second kappa shape index (κ2) is 12.0. The summed E-state index contributed by atoms with van der Waals surface area (Å²) in [4.78, 5) is 31.0. The highest BCUT2D eigenvalue weighted by Crippen LogP contribution is 2.44. The number of carbonyl (C=O) groups excluding carboxylic acids is 2. The van der Waals surface area contributed by atoms with Crippen LogP contribution in [0.3, 0.4) is 0 Å². The number of halogens is 1. The molecule has 0 radical (unpaired) electrons. The lowest BCUT2D eigenvalue weighted by atomic mass is 9.96. The summed E-state index contributed by atoms with van der Waals surface area (Å²) in [5, 5.41) is 7.34. The third kappa shape index (κ3) is 5.49. The van der Waals surface area contributed by atoms with Crippen LogP contribution in [0.15, 0.2) is 72.9 Å². The maximum Gasteiger partial charge on any atom is 0.337 e. The third-order valence-electron chi connectivity index (χ3n) is 7.45. The molecule has 1 fully saturated rings. The molecule has 2 aromatic heterocycles. The summed E-state index contributed by atoms with van der Waals surface area (Å²) in [6.45, 7) is 7.79. The number of pyridine rings is 1. The zero-order valence-electron chi connectivity index (χ0n) is 24.0. The summed E-state index contributed by atoms with van der Waals surface area (Å²) in [7, 11) is 1.37. The lowest BCUT2D eigenvalue weighted by Gasteiger charge is -2.28. The first-order valence-electron chi connectivity index (χ1n) is 13.6. The van der Waals surface area contributed by atoms with Crippen molar-refractivity contribution < 1.29 is 14.3 Å². The Morgan fingerprint density at radius 1 is 1.05 bits per heavy atom. The summed E-state index contributed by atoms with van der Waals surface area (Å²) in [6.07, 6.45) is 1.77. The van der Waals surface area contributed by atoms with Gasteiger partial charge in [0.1, 0.15) is 0 Å². The Labute approximate surface area is 255 Å². The predicted octanol–water partition coefficient (Wildman–Crippen LogP) is 6.70. The fourth-order valence-electron chi connectivity index (χ4n) is 5.33. The number of aryl methyl sites for hydroxylation is 1. The highest BCUT2D eigenvalue weighted by atomic mass is 35.5. The van der Waals surface area contributed by atoms with Crippen LogP contribution < -0.4 is 15.5 Å². The first kappa shape index (κ1) is 29.3. The van der Waals surface area contributed by atoms with E-state index in [2.05, 4.69) is 45.0 Å². The SMILES string of the molecule is COC(=O)c1ccc(-n2c(C)cc([C@H]3[C@@H](c4ccccn4)NC(=S)N3c3ccc(NC(=O)C(C)C)c(Cl)c3)c2C)cc1. The van der Waals surface area contributed by atoms with E-state index in [0.717, 1.165) is 34.0 Å². The number of nitrogens with one attached hydrogen (secondary N) is 2. The molecule has 1 aliphatic rings. The minimum Gasteiger partial charge on any atom is -0.465 e. The van der Waals surface area contributed by atoms with Gasteiger partial charge >= 0.3 is 5.97 Å². The van der Waals surface area contributed by atoms with Crippen LogP contribution in [0.2, 0.25) is 5.02 Å². The highest BCUT2D eigenvalue weighted by molar-refractivity contribution is 7.80. The van der Waals surface area contributed by atoms with Gasteiger partial charge in [-0.2, -0.15) is 0 Å². The molecule has 0 unspecified atom stereocenters. The van der Waals surface area contributed by atoms with E-state index in [4.69, 9.17) is 28.6 Å². The number of hydrogen-bond acceptors (Lipinski definition) is 5. The van der Waals surface area contributed by atoms with Gasteiger partial charge in [0, 0.05) is 34.9 Å². The summed E-state index contributed by atoms with van der Waals surface area (Å²) >= 11 is 12.6. The molecule has 1 saturated heterocycles. The Hall–Kier alpha value is -4.21. The topological polar surface area (TPSA) is 88.5 Å². The largest absolute Gasteiger partial charge is 0.465 e. The van der Waals surface area contributed by atoms with Crippen LogP contribution in [0, 0.1) is 19.8 Å². The lowest BCUT2D eigenvalue weighted by molar-refractivity contribution is -0.118. The van der Waals surface area contributed by atoms with Crippen LogP contribution in [-0.4, -0.2) is 33.6 Å². The molecule has 0 bridgehead atoms. The standard InChI is InChI=1S/C32H32ClN5O3S/c1-18(2)30(39)35-26-14-13-23(17-25(26)33)38-29(28(36-32(38)42)27-8-6-7-15-34-27)24-16-19(3)37(20(24)4)22-11-9-21(10-12-22)31(40)41-5/h6-18,28-29H,1-5H3,(H,35,39)(H,36,42)/t28-,29+/m1/s1. The van der Waals surface area contributed by atoms with Crippen molar-refractivity contribution in [3.05, 3.63) is 106 Å². The van der Waals surface area contributed by atoms with Crippen LogP contribution in [0.5, 0.6) is 0 Å². The van der Waals surface area contributed by atoms with Gasteiger partial charge in [0.15, 0.2) is 5.11 Å². The molecule has 2 N–H and O–H groups in total. The Balaban J connectivity index is 1.59. The van der Waals surface area contributed by atoms with E-state index in [-0.39, 0.29) is 29.9 Å². The van der Waals surface area contributed by atoms with Crippen molar-refractivity contribution in [3.8, 4) is 5.69 Å². The Morgan fingerprint density at radius 2 is 1.76 bits per heavy atom. The maximum absolute atomic E-state index is 12.3. The quantitative estimate of drug-likeness (QED) is 0.180. The molecule has 2 aromatic carbocycles. The van der Waals surface area contributed by atoms with Gasteiger partial charge < -0.3 is 24.8 Å². The van der Waals surface area contributed by atoms with E-state index >= 15 is 0 Å². The smallest absolute Gasteiger partial charge is 0.337 e. The Morgan fingerprint density at radius 3 is 2.38 bits per heavy atom. The first-order chi connectivity index (χ1) is 20.1. The average Bonchev–Trinajstić information content (AvgIpc) is 3.48. The number of thiocarbonyl (C=S) groups is 1. The number of methoxy groups -OCH3 is 1. The number of benzene rings is 2. The van der Waals surface area contributed by atoms with Gasteiger partial charge in [-0.05, 0) is 92.3 Å². The number of esters is 1. The highest BCUT2D eigenvalue weighted by Gasteiger charge is 2.42. The van der Waals surface area contributed by atoms with Gasteiger partial charge in [-0.25, -0.2) is 4.79 Å². The predicted molar refractivity (Wildman–Crippen MR) is 169 cm³/mol. The lowest BCUT2D eigenvalue weighted by Crippen LogP contribution is -2.29. The van der Waals surface area contributed by atoms with Crippen molar-refractivity contribution in [1.29, 1.82) is 0 Å². The van der Waals surface area contributed by atoms with E-state index < -0.39 is 0 Å². The number of aromatic nitrogens is 2. The molecule has 5 rings (SSSR count). The van der Waals surface area contributed by atoms with Crippen molar-refractivity contribution in [2.24, 2.45) is 5.92 Å². The van der Waals surface area contributed by atoms with Crippen molar-refractivity contribution in [1.82, 2.24) is 14.9 Å². The number of ether oxygens (including phenoxy) is 1. The maximum atomic E-state index is 12.3. The van der Waals surface area contributed by atoms with Crippen LogP contribution in [-0.2, 0) is 9.53 Å².